The van der Waals surface area contributed by atoms with Gasteiger partial charge in [-0.2, -0.15) is 0 Å². The van der Waals surface area contributed by atoms with Crippen molar-refractivity contribution in [2.24, 2.45) is 11.3 Å². The molecule has 0 aliphatic heterocycles. The smallest absolute Gasteiger partial charge is 0.148 e. The zero-order chi connectivity index (χ0) is 14.7. The minimum absolute atomic E-state index is 0.0613. The Morgan fingerprint density at radius 3 is 2.32 bits per heavy atom. The van der Waals surface area contributed by atoms with E-state index in [-0.39, 0.29) is 11.8 Å². The van der Waals surface area contributed by atoms with Crippen LogP contribution < -0.4 is 5.32 Å². The molecule has 3 atom stereocenters. The molecular formula is C15H31NO2S. The Kier molecular flexibility index (Phi) is 5.87. The van der Waals surface area contributed by atoms with Gasteiger partial charge in [0.25, 0.3) is 0 Å². The van der Waals surface area contributed by atoms with E-state index >= 15 is 0 Å². The first-order valence-electron chi connectivity index (χ1n) is 7.51. The summed E-state index contributed by atoms with van der Waals surface area (Å²) in [5.74, 6) is 1.04. The summed E-state index contributed by atoms with van der Waals surface area (Å²) in [6, 6.07) is 0.551. The van der Waals surface area contributed by atoms with Gasteiger partial charge >= 0.3 is 0 Å². The van der Waals surface area contributed by atoms with Crippen molar-refractivity contribution in [2.75, 3.05) is 12.0 Å². The van der Waals surface area contributed by atoms with Crippen molar-refractivity contribution in [3.63, 3.8) is 0 Å². The molecule has 3 nitrogen and oxygen atoms in total. The molecular weight excluding hydrogens is 258 g/mol. The van der Waals surface area contributed by atoms with Crippen LogP contribution in [-0.4, -0.2) is 32.5 Å². The van der Waals surface area contributed by atoms with E-state index in [1.165, 1.54) is 38.4 Å². The van der Waals surface area contributed by atoms with Crippen molar-refractivity contribution in [2.45, 2.75) is 71.9 Å². The van der Waals surface area contributed by atoms with Gasteiger partial charge < -0.3 is 5.32 Å². The van der Waals surface area contributed by atoms with Crippen molar-refractivity contribution in [1.82, 2.24) is 5.32 Å². The van der Waals surface area contributed by atoms with Gasteiger partial charge in [0.1, 0.15) is 9.84 Å². The third-order valence-electron chi connectivity index (χ3n) is 4.27. The summed E-state index contributed by atoms with van der Waals surface area (Å²) in [7, 11) is -2.88. The van der Waals surface area contributed by atoms with Gasteiger partial charge in [-0.25, -0.2) is 8.42 Å². The molecule has 0 aromatic heterocycles. The van der Waals surface area contributed by atoms with Crippen molar-refractivity contribution < 1.29 is 8.42 Å². The molecule has 3 unspecified atom stereocenters. The van der Waals surface area contributed by atoms with Crippen LogP contribution in [0.1, 0.15) is 59.8 Å². The highest BCUT2D eigenvalue weighted by Crippen LogP contribution is 2.36. The van der Waals surface area contributed by atoms with E-state index in [9.17, 15) is 8.42 Å². The molecule has 19 heavy (non-hydrogen) atoms. The Bertz CT molecular complexity index is 370. The highest BCUT2D eigenvalue weighted by Gasteiger charge is 2.28. The molecule has 0 aromatic carbocycles. The van der Waals surface area contributed by atoms with Gasteiger partial charge in [0.05, 0.1) is 5.75 Å². The first kappa shape index (κ1) is 17.0. The molecule has 1 N–H and O–H groups in total. The second-order valence-electron chi connectivity index (χ2n) is 7.43. The average molecular weight is 289 g/mol. The Labute approximate surface area is 119 Å². The van der Waals surface area contributed by atoms with Crippen LogP contribution in [-0.2, 0) is 9.84 Å². The maximum absolute atomic E-state index is 11.3. The molecule has 0 heterocycles. The van der Waals surface area contributed by atoms with Crippen LogP contribution in [0.2, 0.25) is 0 Å². The van der Waals surface area contributed by atoms with Crippen LogP contribution >= 0.6 is 0 Å². The lowest BCUT2D eigenvalue weighted by atomic mass is 9.76. The monoisotopic (exact) mass is 289 g/mol. The third-order valence-corrected chi connectivity index (χ3v) is 5.37. The first-order valence-corrected chi connectivity index (χ1v) is 9.58. The number of rotatable bonds is 4. The van der Waals surface area contributed by atoms with E-state index in [1.54, 1.807) is 0 Å². The van der Waals surface area contributed by atoms with Crippen molar-refractivity contribution in [3.05, 3.63) is 0 Å². The summed E-state index contributed by atoms with van der Waals surface area (Å²) in [6.45, 7) is 8.97. The zero-order valence-electron chi connectivity index (χ0n) is 13.2. The number of nitrogens with one attached hydrogen (secondary N) is 1. The number of hydrogen-bond acceptors (Lipinski definition) is 3. The lowest BCUT2D eigenvalue weighted by Crippen LogP contribution is -2.40. The van der Waals surface area contributed by atoms with Gasteiger partial charge in [-0.1, -0.05) is 27.2 Å². The minimum Gasteiger partial charge on any atom is -0.310 e. The molecule has 0 amide bonds. The summed E-state index contributed by atoms with van der Waals surface area (Å²) < 4.78 is 22.6. The predicted octanol–water partition coefficient (Wildman–Crippen LogP) is 3.00. The fourth-order valence-electron chi connectivity index (χ4n) is 3.24. The normalized spacial score (nSPS) is 27.8. The molecule has 1 fully saturated rings. The van der Waals surface area contributed by atoms with Crippen LogP contribution in [0.25, 0.3) is 0 Å². The van der Waals surface area contributed by atoms with Gasteiger partial charge in [0.15, 0.2) is 0 Å². The van der Waals surface area contributed by atoms with Gasteiger partial charge in [0.2, 0.25) is 0 Å². The SMILES string of the molecule is CC(CS(C)(=O)=O)NC1CCCC(C(C)(C)C)CC1. The van der Waals surface area contributed by atoms with Crippen molar-refractivity contribution in [1.29, 1.82) is 0 Å². The zero-order valence-corrected chi connectivity index (χ0v) is 14.0. The Morgan fingerprint density at radius 2 is 1.79 bits per heavy atom. The summed E-state index contributed by atoms with van der Waals surface area (Å²) in [5.41, 5.74) is 0.396. The lowest BCUT2D eigenvalue weighted by molar-refractivity contribution is 0.213. The lowest BCUT2D eigenvalue weighted by Gasteiger charge is -2.30. The molecule has 114 valence electrons. The molecule has 0 radical (unpaired) electrons. The minimum atomic E-state index is -2.88. The van der Waals surface area contributed by atoms with E-state index in [4.69, 9.17) is 0 Å². The van der Waals surface area contributed by atoms with Crippen LogP contribution in [0.4, 0.5) is 0 Å². The summed E-state index contributed by atoms with van der Waals surface area (Å²) in [5, 5.41) is 3.51. The molecule has 0 spiro atoms. The predicted molar refractivity (Wildman–Crippen MR) is 82.1 cm³/mol. The maximum Gasteiger partial charge on any atom is 0.148 e. The van der Waals surface area contributed by atoms with Gasteiger partial charge in [-0.05, 0) is 43.9 Å². The summed E-state index contributed by atoms with van der Waals surface area (Å²) in [4.78, 5) is 0. The van der Waals surface area contributed by atoms with E-state index < -0.39 is 9.84 Å². The van der Waals surface area contributed by atoms with Crippen LogP contribution in [0, 0.1) is 11.3 Å². The molecule has 0 aromatic rings. The van der Waals surface area contributed by atoms with E-state index in [1.807, 2.05) is 6.92 Å². The average Bonchev–Trinajstić information content (AvgIpc) is 2.38. The Hall–Kier alpha value is -0.0900. The first-order chi connectivity index (χ1) is 8.58. The largest absolute Gasteiger partial charge is 0.310 e. The quantitative estimate of drug-likeness (QED) is 0.809. The van der Waals surface area contributed by atoms with Crippen molar-refractivity contribution >= 4 is 9.84 Å². The van der Waals surface area contributed by atoms with Gasteiger partial charge in [-0.3, -0.25) is 0 Å². The molecule has 0 saturated heterocycles. The van der Waals surface area contributed by atoms with Crippen LogP contribution in [0.15, 0.2) is 0 Å². The fourth-order valence-corrected chi connectivity index (χ4v) is 4.24. The maximum atomic E-state index is 11.3. The Balaban J connectivity index is 2.45. The molecule has 1 rings (SSSR count). The molecule has 4 heteroatoms. The summed E-state index contributed by atoms with van der Waals surface area (Å²) in [6.07, 6.45) is 7.49. The van der Waals surface area contributed by atoms with Gasteiger partial charge in [-0.15, -0.1) is 0 Å². The fraction of sp³-hybridized carbons (Fsp3) is 1.00. The summed E-state index contributed by atoms with van der Waals surface area (Å²) >= 11 is 0. The molecule has 1 saturated carbocycles. The van der Waals surface area contributed by atoms with Crippen LogP contribution in [0.5, 0.6) is 0 Å². The second kappa shape index (κ2) is 6.57. The van der Waals surface area contributed by atoms with Crippen LogP contribution in [0.3, 0.4) is 0 Å². The van der Waals surface area contributed by atoms with Crippen molar-refractivity contribution in [3.8, 4) is 0 Å². The second-order valence-corrected chi connectivity index (χ2v) is 9.61. The number of sulfone groups is 1. The molecule has 1 aliphatic carbocycles. The van der Waals surface area contributed by atoms with E-state index in [0.29, 0.717) is 11.5 Å². The number of hydrogen-bond donors (Lipinski definition) is 1. The van der Waals surface area contributed by atoms with E-state index in [2.05, 4.69) is 26.1 Å². The van der Waals surface area contributed by atoms with E-state index in [0.717, 1.165) is 5.92 Å². The molecule has 0 bridgehead atoms. The molecule has 1 aliphatic rings. The topological polar surface area (TPSA) is 46.2 Å². The van der Waals surface area contributed by atoms with Gasteiger partial charge in [0, 0.05) is 18.3 Å². The highest BCUT2D eigenvalue weighted by atomic mass is 32.2. The third kappa shape index (κ3) is 6.75. The standard InChI is InChI=1S/C15H31NO2S/c1-12(11-19(5,17)18)16-14-8-6-7-13(9-10-14)15(2,3)4/h12-14,16H,6-11H2,1-5H3. The highest BCUT2D eigenvalue weighted by molar-refractivity contribution is 7.90. The Morgan fingerprint density at radius 1 is 1.16 bits per heavy atom.